The Morgan fingerprint density at radius 2 is 1.78 bits per heavy atom. The summed E-state index contributed by atoms with van der Waals surface area (Å²) in [6.07, 6.45) is 0.814. The maximum atomic E-state index is 12.9. The van der Waals surface area contributed by atoms with Crippen molar-refractivity contribution in [2.75, 3.05) is 11.1 Å². The minimum absolute atomic E-state index is 0.102. The molecule has 0 radical (unpaired) electrons. The number of hydrogen-bond acceptors (Lipinski definition) is 4. The summed E-state index contributed by atoms with van der Waals surface area (Å²) in [5.74, 6) is -0.0588. The molecule has 4 nitrogen and oxygen atoms in total. The number of halogens is 2. The van der Waals surface area contributed by atoms with E-state index in [2.05, 4.69) is 18.3 Å². The number of carbonyl (C=O) groups is 1. The molecule has 7 heteroatoms. The molecule has 0 aliphatic rings. The number of hydrogen-bond donors (Lipinski definition) is 1. The summed E-state index contributed by atoms with van der Waals surface area (Å²) in [6, 6.07) is 24.8. The third kappa shape index (κ3) is 5.74. The Hall–Kier alpha value is -3.30. The summed E-state index contributed by atoms with van der Waals surface area (Å²) < 4.78 is 0. The lowest BCUT2D eigenvalue weighted by molar-refractivity contribution is -0.113. The van der Waals surface area contributed by atoms with Gasteiger partial charge in [0.05, 0.1) is 17.0 Å². The van der Waals surface area contributed by atoms with Gasteiger partial charge in [0.1, 0.15) is 11.1 Å². The predicted octanol–water partition coefficient (Wildman–Crippen LogP) is 8.20. The second-order valence-electron chi connectivity index (χ2n) is 8.13. The number of pyridine rings is 1. The van der Waals surface area contributed by atoms with Crippen LogP contribution in [0.25, 0.3) is 22.4 Å². The molecule has 0 bridgehead atoms. The second kappa shape index (κ2) is 11.6. The minimum atomic E-state index is -0.161. The smallest absolute Gasteiger partial charge is 0.234 e. The van der Waals surface area contributed by atoms with E-state index in [1.807, 2.05) is 61.5 Å². The van der Waals surface area contributed by atoms with Crippen LogP contribution in [-0.2, 0) is 11.2 Å². The van der Waals surface area contributed by atoms with Crippen molar-refractivity contribution < 1.29 is 4.79 Å². The first-order valence-electron chi connectivity index (χ1n) is 11.4. The third-order valence-electron chi connectivity index (χ3n) is 5.75. The number of nitrogens with zero attached hydrogens (tertiary/aromatic N) is 2. The molecule has 4 rings (SSSR count). The molecule has 36 heavy (non-hydrogen) atoms. The fraction of sp³-hybridized carbons (Fsp3) is 0.138. The van der Waals surface area contributed by atoms with E-state index >= 15 is 0 Å². The first kappa shape index (κ1) is 25.8. The highest BCUT2D eigenvalue weighted by molar-refractivity contribution is 8.00. The van der Waals surface area contributed by atoms with Gasteiger partial charge in [0, 0.05) is 32.4 Å². The minimum Gasteiger partial charge on any atom is -0.325 e. The third-order valence-corrected chi connectivity index (χ3v) is 7.30. The number of carbonyl (C=O) groups excluding carboxylic acids is 1. The SMILES string of the molecule is CCc1cccc(C)c1NC(=O)CSc1nc(-c2ccc(Cl)cc2)cc(-c2ccccc2Cl)c1C#N. The molecule has 0 fully saturated rings. The quantitative estimate of drug-likeness (QED) is 0.244. The Bertz CT molecular complexity index is 1460. The van der Waals surface area contributed by atoms with Crippen LogP contribution in [0.4, 0.5) is 5.69 Å². The zero-order chi connectivity index (χ0) is 25.7. The molecule has 0 aliphatic carbocycles. The van der Waals surface area contributed by atoms with E-state index in [1.54, 1.807) is 18.2 Å². The van der Waals surface area contributed by atoms with Crippen LogP contribution in [0.15, 0.2) is 77.8 Å². The molecular formula is C29H23Cl2N3OS. The van der Waals surface area contributed by atoms with E-state index in [1.165, 1.54) is 11.8 Å². The molecule has 0 spiro atoms. The topological polar surface area (TPSA) is 65.8 Å². The number of rotatable bonds is 7. The number of para-hydroxylation sites is 1. The van der Waals surface area contributed by atoms with E-state index in [-0.39, 0.29) is 11.7 Å². The maximum Gasteiger partial charge on any atom is 0.234 e. The van der Waals surface area contributed by atoms with Crippen LogP contribution in [0.3, 0.4) is 0 Å². The molecule has 0 saturated heterocycles. The van der Waals surface area contributed by atoms with Gasteiger partial charge < -0.3 is 5.32 Å². The number of aromatic nitrogens is 1. The van der Waals surface area contributed by atoms with Crippen LogP contribution in [0.5, 0.6) is 0 Å². The summed E-state index contributed by atoms with van der Waals surface area (Å²) in [5, 5.41) is 14.7. The van der Waals surface area contributed by atoms with Crippen molar-refractivity contribution in [3.05, 3.63) is 99.5 Å². The van der Waals surface area contributed by atoms with Gasteiger partial charge in [-0.15, -0.1) is 0 Å². The molecule has 0 unspecified atom stereocenters. The molecule has 4 aromatic rings. The van der Waals surface area contributed by atoms with Gasteiger partial charge in [-0.25, -0.2) is 4.98 Å². The second-order valence-corrected chi connectivity index (χ2v) is 9.94. The summed E-state index contributed by atoms with van der Waals surface area (Å²) in [7, 11) is 0. The molecule has 1 N–H and O–H groups in total. The number of amides is 1. The molecule has 3 aromatic carbocycles. The number of nitriles is 1. The maximum absolute atomic E-state index is 12.9. The molecule has 0 atom stereocenters. The number of nitrogens with one attached hydrogen (secondary N) is 1. The van der Waals surface area contributed by atoms with Crippen LogP contribution in [0.1, 0.15) is 23.6 Å². The molecule has 1 amide bonds. The van der Waals surface area contributed by atoms with E-state index in [0.717, 1.165) is 34.4 Å². The number of aryl methyl sites for hydroxylation is 2. The van der Waals surface area contributed by atoms with Crippen molar-refractivity contribution in [2.45, 2.75) is 25.3 Å². The summed E-state index contributed by atoms with van der Waals surface area (Å²) in [4.78, 5) is 17.7. The average molecular weight is 532 g/mol. The summed E-state index contributed by atoms with van der Waals surface area (Å²) in [5.41, 5.74) is 6.20. The van der Waals surface area contributed by atoms with Gasteiger partial charge in [-0.1, -0.05) is 90.4 Å². The lowest BCUT2D eigenvalue weighted by Gasteiger charge is -2.15. The van der Waals surface area contributed by atoms with Crippen LogP contribution < -0.4 is 5.32 Å². The van der Waals surface area contributed by atoms with E-state index in [0.29, 0.717) is 31.9 Å². The molecule has 0 aliphatic heterocycles. The van der Waals surface area contributed by atoms with Crippen LogP contribution in [0.2, 0.25) is 10.0 Å². The lowest BCUT2D eigenvalue weighted by Crippen LogP contribution is -2.16. The highest BCUT2D eigenvalue weighted by Crippen LogP contribution is 2.37. The van der Waals surface area contributed by atoms with Crippen molar-refractivity contribution >= 4 is 46.6 Å². The number of thioether (sulfide) groups is 1. The Balaban J connectivity index is 1.71. The van der Waals surface area contributed by atoms with Gasteiger partial charge in [-0.2, -0.15) is 5.26 Å². The van der Waals surface area contributed by atoms with Gasteiger partial charge >= 0.3 is 0 Å². The van der Waals surface area contributed by atoms with Gasteiger partial charge in [-0.3, -0.25) is 4.79 Å². The van der Waals surface area contributed by atoms with Gasteiger partial charge in [0.2, 0.25) is 5.91 Å². The van der Waals surface area contributed by atoms with E-state index in [9.17, 15) is 10.1 Å². The van der Waals surface area contributed by atoms with Crippen molar-refractivity contribution in [1.82, 2.24) is 4.98 Å². The van der Waals surface area contributed by atoms with Crippen molar-refractivity contribution in [3.8, 4) is 28.5 Å². The van der Waals surface area contributed by atoms with Crippen LogP contribution in [0, 0.1) is 18.3 Å². The predicted molar refractivity (Wildman–Crippen MR) is 150 cm³/mol. The average Bonchev–Trinajstić information content (AvgIpc) is 2.88. The highest BCUT2D eigenvalue weighted by Gasteiger charge is 2.19. The normalized spacial score (nSPS) is 10.6. The number of anilines is 1. The Morgan fingerprint density at radius 3 is 2.47 bits per heavy atom. The van der Waals surface area contributed by atoms with Crippen molar-refractivity contribution in [1.29, 1.82) is 5.26 Å². The summed E-state index contributed by atoms with van der Waals surface area (Å²) >= 11 is 13.8. The first-order chi connectivity index (χ1) is 17.4. The molecule has 1 heterocycles. The van der Waals surface area contributed by atoms with Gasteiger partial charge in [0.15, 0.2) is 0 Å². The first-order valence-corrected chi connectivity index (χ1v) is 13.1. The summed E-state index contributed by atoms with van der Waals surface area (Å²) in [6.45, 7) is 4.03. The fourth-order valence-electron chi connectivity index (χ4n) is 3.91. The fourth-order valence-corrected chi connectivity index (χ4v) is 5.07. The lowest BCUT2D eigenvalue weighted by atomic mass is 9.99. The van der Waals surface area contributed by atoms with Gasteiger partial charge in [-0.05, 0) is 48.7 Å². The van der Waals surface area contributed by atoms with Crippen LogP contribution >= 0.6 is 35.0 Å². The molecular weight excluding hydrogens is 509 g/mol. The monoisotopic (exact) mass is 531 g/mol. The molecule has 0 saturated carbocycles. The largest absolute Gasteiger partial charge is 0.325 e. The van der Waals surface area contributed by atoms with Crippen LogP contribution in [-0.4, -0.2) is 16.6 Å². The highest BCUT2D eigenvalue weighted by atomic mass is 35.5. The standard InChI is InChI=1S/C29H23Cl2N3OS/c1-3-19-8-6-7-18(2)28(19)34-27(35)17-36-29-24(16-32)23(22-9-4-5-10-25(22)31)15-26(33-29)20-11-13-21(30)14-12-20/h4-15H,3,17H2,1-2H3,(H,34,35). The zero-order valence-corrected chi connectivity index (χ0v) is 22.1. The number of benzene rings is 3. The van der Waals surface area contributed by atoms with Crippen molar-refractivity contribution in [2.24, 2.45) is 0 Å². The van der Waals surface area contributed by atoms with E-state index in [4.69, 9.17) is 28.2 Å². The zero-order valence-electron chi connectivity index (χ0n) is 19.8. The van der Waals surface area contributed by atoms with E-state index < -0.39 is 0 Å². The van der Waals surface area contributed by atoms with Gasteiger partial charge in [0.25, 0.3) is 0 Å². The van der Waals surface area contributed by atoms with Crippen molar-refractivity contribution in [3.63, 3.8) is 0 Å². The Kier molecular flexibility index (Phi) is 8.32. The Morgan fingerprint density at radius 1 is 1.03 bits per heavy atom. The molecule has 1 aromatic heterocycles. The molecule has 180 valence electrons. The Labute approximate surface area is 225 Å².